The van der Waals surface area contributed by atoms with Crippen LogP contribution in [0.3, 0.4) is 0 Å². The minimum atomic E-state index is 0.0914. The third-order valence-corrected chi connectivity index (χ3v) is 5.22. The molecule has 0 unspecified atom stereocenters. The number of rotatable bonds is 3. The van der Waals surface area contributed by atoms with Crippen molar-refractivity contribution >= 4 is 22.6 Å². The van der Waals surface area contributed by atoms with Crippen molar-refractivity contribution < 1.29 is 0 Å². The van der Waals surface area contributed by atoms with Crippen LogP contribution in [0.15, 0.2) is 18.2 Å². The van der Waals surface area contributed by atoms with E-state index in [1.54, 1.807) is 0 Å². The number of aromatic nitrogens is 2. The third-order valence-electron chi connectivity index (χ3n) is 4.99. The molecule has 0 aliphatic heterocycles. The number of imidazole rings is 1. The number of halogens is 1. The molecular weight excluding hydrogens is 270 g/mol. The summed E-state index contributed by atoms with van der Waals surface area (Å²) in [6.07, 6.45) is 7.40. The number of nitrogens with zero attached hydrogens (tertiary/aromatic N) is 2. The maximum absolute atomic E-state index is 6.19. The van der Waals surface area contributed by atoms with Gasteiger partial charge in [0.25, 0.3) is 0 Å². The minimum Gasteiger partial charge on any atom is -0.329 e. The monoisotopic (exact) mass is 289 g/mol. The Kier molecular flexibility index (Phi) is 2.83. The van der Waals surface area contributed by atoms with Crippen LogP contribution >= 0.6 is 11.6 Å². The van der Waals surface area contributed by atoms with E-state index in [0.717, 1.165) is 10.5 Å². The van der Waals surface area contributed by atoms with E-state index in [2.05, 4.69) is 10.6 Å². The van der Waals surface area contributed by atoms with Crippen LogP contribution in [-0.2, 0) is 5.41 Å². The maximum Gasteiger partial charge on any atom is 0.117 e. The first-order valence-corrected chi connectivity index (χ1v) is 7.99. The summed E-state index contributed by atoms with van der Waals surface area (Å²) in [6, 6.07) is 6.64. The summed E-state index contributed by atoms with van der Waals surface area (Å²) in [6.45, 7) is 0.705. The summed E-state index contributed by atoms with van der Waals surface area (Å²) in [5, 5.41) is 0.791. The molecule has 1 aromatic carbocycles. The van der Waals surface area contributed by atoms with Gasteiger partial charge < -0.3 is 10.3 Å². The molecule has 4 heteroatoms. The molecule has 2 N–H and O–H groups in total. The molecule has 1 heterocycles. The van der Waals surface area contributed by atoms with Crippen molar-refractivity contribution in [3.05, 3.63) is 29.0 Å². The second-order valence-electron chi connectivity index (χ2n) is 6.36. The quantitative estimate of drug-likeness (QED) is 0.934. The van der Waals surface area contributed by atoms with E-state index in [-0.39, 0.29) is 5.41 Å². The molecule has 0 saturated heterocycles. The van der Waals surface area contributed by atoms with Gasteiger partial charge in [0.15, 0.2) is 0 Å². The number of hydrogen-bond donors (Lipinski definition) is 1. The minimum absolute atomic E-state index is 0.0914. The van der Waals surface area contributed by atoms with Gasteiger partial charge in [-0.15, -0.1) is 0 Å². The van der Waals surface area contributed by atoms with Crippen LogP contribution in [0.1, 0.15) is 50.4 Å². The highest BCUT2D eigenvalue weighted by Crippen LogP contribution is 2.46. The van der Waals surface area contributed by atoms with Crippen LogP contribution in [0.5, 0.6) is 0 Å². The predicted molar refractivity (Wildman–Crippen MR) is 82.2 cm³/mol. The second-order valence-corrected chi connectivity index (χ2v) is 6.80. The maximum atomic E-state index is 6.19. The topological polar surface area (TPSA) is 43.8 Å². The number of benzene rings is 1. The van der Waals surface area contributed by atoms with Crippen molar-refractivity contribution in [2.75, 3.05) is 6.54 Å². The molecule has 0 bridgehead atoms. The van der Waals surface area contributed by atoms with E-state index in [1.165, 1.54) is 49.9 Å². The molecule has 4 rings (SSSR count). The van der Waals surface area contributed by atoms with Crippen molar-refractivity contribution in [2.45, 2.75) is 50.0 Å². The van der Waals surface area contributed by atoms with Crippen molar-refractivity contribution in [3.8, 4) is 0 Å². The highest BCUT2D eigenvalue weighted by Gasteiger charge is 2.41. The Morgan fingerprint density at radius 2 is 2.05 bits per heavy atom. The largest absolute Gasteiger partial charge is 0.329 e. The van der Waals surface area contributed by atoms with Gasteiger partial charge >= 0.3 is 0 Å². The first kappa shape index (κ1) is 12.7. The molecule has 1 aromatic heterocycles. The van der Waals surface area contributed by atoms with Gasteiger partial charge in [0, 0.05) is 23.0 Å². The molecule has 20 heavy (non-hydrogen) atoms. The van der Waals surface area contributed by atoms with E-state index in [0.29, 0.717) is 12.6 Å². The number of hydrogen-bond acceptors (Lipinski definition) is 2. The molecule has 0 amide bonds. The van der Waals surface area contributed by atoms with Crippen LogP contribution < -0.4 is 5.73 Å². The average molecular weight is 290 g/mol. The number of fused-ring (bicyclic) bond motifs is 1. The molecule has 2 aliphatic carbocycles. The van der Waals surface area contributed by atoms with Crippen LogP contribution in [0.25, 0.3) is 11.0 Å². The smallest absolute Gasteiger partial charge is 0.117 e. The Morgan fingerprint density at radius 1 is 1.30 bits per heavy atom. The summed E-state index contributed by atoms with van der Waals surface area (Å²) >= 11 is 6.19. The second kappa shape index (κ2) is 4.47. The van der Waals surface area contributed by atoms with Gasteiger partial charge in [0.2, 0.25) is 0 Å². The summed E-state index contributed by atoms with van der Waals surface area (Å²) in [4.78, 5) is 4.96. The zero-order valence-electron chi connectivity index (χ0n) is 11.6. The fraction of sp³-hybridized carbons (Fsp3) is 0.562. The molecule has 3 nitrogen and oxygen atoms in total. The fourth-order valence-corrected chi connectivity index (χ4v) is 3.88. The van der Waals surface area contributed by atoms with Gasteiger partial charge in [-0.25, -0.2) is 4.98 Å². The Labute approximate surface area is 124 Å². The third kappa shape index (κ3) is 1.80. The van der Waals surface area contributed by atoms with Crippen molar-refractivity contribution in [1.29, 1.82) is 0 Å². The Bertz CT molecular complexity index is 651. The SMILES string of the molecule is NCC1(c2nc3ccc(Cl)cc3n2C2CC2)CCCC1. The summed E-state index contributed by atoms with van der Waals surface area (Å²) < 4.78 is 2.44. The van der Waals surface area contributed by atoms with Gasteiger partial charge in [0.05, 0.1) is 11.0 Å². The summed E-state index contributed by atoms with van der Waals surface area (Å²) in [7, 11) is 0. The zero-order valence-corrected chi connectivity index (χ0v) is 12.4. The van der Waals surface area contributed by atoms with E-state index in [1.807, 2.05) is 12.1 Å². The predicted octanol–water partition coefficient (Wildman–Crippen LogP) is 3.80. The molecule has 0 atom stereocenters. The average Bonchev–Trinajstić information content (AvgIpc) is 3.04. The van der Waals surface area contributed by atoms with Crippen LogP contribution in [-0.4, -0.2) is 16.1 Å². The Balaban J connectivity index is 1.96. The van der Waals surface area contributed by atoms with Gasteiger partial charge in [-0.2, -0.15) is 0 Å². The first-order chi connectivity index (χ1) is 9.73. The van der Waals surface area contributed by atoms with Crippen molar-refractivity contribution in [2.24, 2.45) is 5.73 Å². The fourth-order valence-electron chi connectivity index (χ4n) is 3.71. The molecule has 2 saturated carbocycles. The Hall–Kier alpha value is -1.06. The lowest BCUT2D eigenvalue weighted by molar-refractivity contribution is 0.406. The lowest BCUT2D eigenvalue weighted by Crippen LogP contribution is -2.35. The van der Waals surface area contributed by atoms with Gasteiger partial charge in [-0.1, -0.05) is 24.4 Å². The van der Waals surface area contributed by atoms with Gasteiger partial charge in [0.1, 0.15) is 5.82 Å². The van der Waals surface area contributed by atoms with Gasteiger partial charge in [-0.05, 0) is 43.9 Å². The molecule has 2 fully saturated rings. The summed E-state index contributed by atoms with van der Waals surface area (Å²) in [5.74, 6) is 1.22. The van der Waals surface area contributed by atoms with Gasteiger partial charge in [-0.3, -0.25) is 0 Å². The molecule has 106 valence electrons. The van der Waals surface area contributed by atoms with Crippen LogP contribution in [0.4, 0.5) is 0 Å². The van der Waals surface area contributed by atoms with Crippen LogP contribution in [0.2, 0.25) is 5.02 Å². The van der Waals surface area contributed by atoms with E-state index in [9.17, 15) is 0 Å². The normalized spacial score (nSPS) is 21.7. The number of nitrogens with two attached hydrogens (primary N) is 1. The molecule has 2 aromatic rings. The van der Waals surface area contributed by atoms with E-state index >= 15 is 0 Å². The zero-order chi connectivity index (χ0) is 13.7. The highest BCUT2D eigenvalue weighted by atomic mass is 35.5. The lowest BCUT2D eigenvalue weighted by atomic mass is 9.85. The molecular formula is C16H20ClN3. The summed E-state index contributed by atoms with van der Waals surface area (Å²) in [5.41, 5.74) is 8.51. The van der Waals surface area contributed by atoms with Crippen molar-refractivity contribution in [1.82, 2.24) is 9.55 Å². The standard InChI is InChI=1S/C16H20ClN3/c17-11-3-6-13-14(9-11)20(12-4-5-12)15(19-13)16(10-18)7-1-2-8-16/h3,6,9,12H,1-2,4-5,7-8,10,18H2. The molecule has 0 radical (unpaired) electrons. The first-order valence-electron chi connectivity index (χ1n) is 7.62. The molecule has 2 aliphatic rings. The highest BCUT2D eigenvalue weighted by molar-refractivity contribution is 6.31. The lowest BCUT2D eigenvalue weighted by Gasteiger charge is -2.27. The Morgan fingerprint density at radius 3 is 2.70 bits per heavy atom. The van der Waals surface area contributed by atoms with E-state index < -0.39 is 0 Å². The van der Waals surface area contributed by atoms with E-state index in [4.69, 9.17) is 22.3 Å². The van der Waals surface area contributed by atoms with Crippen molar-refractivity contribution in [3.63, 3.8) is 0 Å². The van der Waals surface area contributed by atoms with Crippen LogP contribution in [0, 0.1) is 0 Å². The molecule has 0 spiro atoms.